The first-order valence-electron chi connectivity index (χ1n) is 13.2. The number of hydrogen-bond donors (Lipinski definition) is 0. The summed E-state index contributed by atoms with van der Waals surface area (Å²) in [4.78, 5) is 9.61. The van der Waals surface area contributed by atoms with E-state index >= 15 is 0 Å². The lowest BCUT2D eigenvalue weighted by atomic mass is 9.76. The van der Waals surface area contributed by atoms with Gasteiger partial charge in [-0.15, -0.1) is 0 Å². The van der Waals surface area contributed by atoms with Gasteiger partial charge in [-0.3, -0.25) is 4.98 Å². The molecule has 1 aromatic heterocycles. The standard InChI is InChI=1S/C28H45BN2O5Si/c1-12-33-25-15-20(13-14-24(25)32-9)22-17-30-18-23(31-22)21(19-34-37(10,11)26(2,3)4)16-29-35-27(5,6)28(7,8)36-29/h13-15,17-18,21H,12,16,19H2,1-11H3. The largest absolute Gasteiger partial charge is 0.493 e. The molecule has 0 spiro atoms. The van der Waals surface area contributed by atoms with Crippen molar-refractivity contribution in [3.8, 4) is 22.8 Å². The maximum absolute atomic E-state index is 6.68. The van der Waals surface area contributed by atoms with Gasteiger partial charge in [0.2, 0.25) is 0 Å². The number of nitrogens with zero attached hydrogens (tertiary/aromatic N) is 2. The predicted octanol–water partition coefficient (Wildman–Crippen LogP) is 6.75. The van der Waals surface area contributed by atoms with Crippen molar-refractivity contribution in [1.82, 2.24) is 9.97 Å². The van der Waals surface area contributed by atoms with Crippen LogP contribution in [-0.4, -0.2) is 56.9 Å². The fraction of sp³-hybridized carbons (Fsp3) is 0.643. The number of hydrogen-bond acceptors (Lipinski definition) is 7. The Kier molecular flexibility index (Phi) is 8.84. The smallest absolute Gasteiger partial charge is 0.458 e. The highest BCUT2D eigenvalue weighted by atomic mass is 28.4. The van der Waals surface area contributed by atoms with E-state index in [2.05, 4.69) is 66.5 Å². The molecule has 1 aromatic carbocycles. The van der Waals surface area contributed by atoms with Crippen LogP contribution in [-0.2, 0) is 13.7 Å². The Morgan fingerprint density at radius 2 is 1.68 bits per heavy atom. The second kappa shape index (κ2) is 11.0. The van der Waals surface area contributed by atoms with Gasteiger partial charge >= 0.3 is 7.12 Å². The summed E-state index contributed by atoms with van der Waals surface area (Å²) in [6, 6.07) is 5.83. The third-order valence-corrected chi connectivity index (χ3v) is 12.6. The minimum atomic E-state index is -1.98. The summed E-state index contributed by atoms with van der Waals surface area (Å²) in [6.07, 6.45) is 4.25. The predicted molar refractivity (Wildman–Crippen MR) is 152 cm³/mol. The van der Waals surface area contributed by atoms with Crippen molar-refractivity contribution >= 4 is 15.4 Å². The summed E-state index contributed by atoms with van der Waals surface area (Å²) in [5.41, 5.74) is 1.76. The highest BCUT2D eigenvalue weighted by molar-refractivity contribution is 6.74. The molecule has 1 atom stereocenters. The van der Waals surface area contributed by atoms with E-state index in [0.29, 0.717) is 31.0 Å². The van der Waals surface area contributed by atoms with Gasteiger partial charge in [-0.05, 0) is 77.3 Å². The Balaban J connectivity index is 1.93. The lowest BCUT2D eigenvalue weighted by Gasteiger charge is -2.37. The van der Waals surface area contributed by atoms with Gasteiger partial charge < -0.3 is 23.2 Å². The molecular formula is C28H45BN2O5Si. The molecule has 0 saturated carbocycles. The van der Waals surface area contributed by atoms with E-state index in [4.69, 9.17) is 28.2 Å². The quantitative estimate of drug-likeness (QED) is 0.316. The zero-order chi connectivity index (χ0) is 27.6. The van der Waals surface area contributed by atoms with Crippen molar-refractivity contribution < 1.29 is 23.2 Å². The van der Waals surface area contributed by atoms with E-state index in [0.717, 1.165) is 17.0 Å². The molecule has 1 fully saturated rings. The Morgan fingerprint density at radius 1 is 1.03 bits per heavy atom. The van der Waals surface area contributed by atoms with Gasteiger partial charge in [-0.25, -0.2) is 4.98 Å². The molecule has 0 N–H and O–H groups in total. The molecule has 0 amide bonds. The van der Waals surface area contributed by atoms with Crippen LogP contribution in [0.2, 0.25) is 24.5 Å². The number of aromatic nitrogens is 2. The molecule has 1 aliphatic heterocycles. The number of benzene rings is 1. The summed E-state index contributed by atoms with van der Waals surface area (Å²) >= 11 is 0. The fourth-order valence-corrected chi connectivity index (χ4v) is 4.97. The molecule has 2 aromatic rings. The van der Waals surface area contributed by atoms with Crippen molar-refractivity contribution in [1.29, 1.82) is 0 Å². The van der Waals surface area contributed by atoms with Gasteiger partial charge in [0.15, 0.2) is 19.8 Å². The first kappa shape index (κ1) is 29.6. The van der Waals surface area contributed by atoms with Crippen LogP contribution in [0.4, 0.5) is 0 Å². The number of rotatable bonds is 10. The van der Waals surface area contributed by atoms with Crippen molar-refractivity contribution in [2.24, 2.45) is 0 Å². The summed E-state index contributed by atoms with van der Waals surface area (Å²) < 4.78 is 30.6. The van der Waals surface area contributed by atoms with Crippen LogP contribution in [0.5, 0.6) is 11.5 Å². The maximum atomic E-state index is 6.68. The van der Waals surface area contributed by atoms with Crippen LogP contribution in [0.1, 0.15) is 67.0 Å². The van der Waals surface area contributed by atoms with E-state index in [1.807, 2.05) is 31.3 Å². The Morgan fingerprint density at radius 3 is 2.24 bits per heavy atom. The molecule has 9 heteroatoms. The molecular weight excluding hydrogens is 483 g/mol. The van der Waals surface area contributed by atoms with Crippen molar-refractivity contribution in [2.45, 2.75) is 97.0 Å². The van der Waals surface area contributed by atoms with E-state index in [-0.39, 0.29) is 18.1 Å². The van der Waals surface area contributed by atoms with Gasteiger partial charge in [-0.1, -0.05) is 20.8 Å². The van der Waals surface area contributed by atoms with Crippen LogP contribution in [0.3, 0.4) is 0 Å². The summed E-state index contributed by atoms with van der Waals surface area (Å²) in [7, 11) is -0.691. The van der Waals surface area contributed by atoms with Crippen LogP contribution in [0.25, 0.3) is 11.3 Å². The maximum Gasteiger partial charge on any atom is 0.458 e. The third-order valence-electron chi connectivity index (χ3n) is 8.06. The SMILES string of the molecule is CCOc1cc(-c2cncc(C(CO[Si](C)(C)C(C)(C)C)CB3OC(C)(C)C(C)(C)O3)n2)ccc1OC. The normalized spacial score (nSPS) is 18.1. The summed E-state index contributed by atoms with van der Waals surface area (Å²) in [6.45, 7) is 22.6. The van der Waals surface area contributed by atoms with Gasteiger partial charge in [0.1, 0.15) is 0 Å². The molecule has 0 bridgehead atoms. The summed E-state index contributed by atoms with van der Waals surface area (Å²) in [5, 5.41) is 0.105. The Bertz CT molecular complexity index is 1050. The van der Waals surface area contributed by atoms with Crippen LogP contribution in [0, 0.1) is 0 Å². The number of methoxy groups -OCH3 is 1. The topological polar surface area (TPSA) is 71.9 Å². The van der Waals surface area contributed by atoms with Gasteiger partial charge in [0, 0.05) is 24.3 Å². The van der Waals surface area contributed by atoms with Crippen LogP contribution >= 0.6 is 0 Å². The Hall–Kier alpha value is -1.94. The monoisotopic (exact) mass is 528 g/mol. The number of ether oxygens (including phenoxy) is 2. The minimum absolute atomic E-state index is 0.0408. The first-order chi connectivity index (χ1) is 17.1. The van der Waals surface area contributed by atoms with Crippen LogP contribution < -0.4 is 9.47 Å². The lowest BCUT2D eigenvalue weighted by Crippen LogP contribution is -2.42. The van der Waals surface area contributed by atoms with Crippen LogP contribution in [0.15, 0.2) is 30.6 Å². The Labute approximate surface area is 224 Å². The molecule has 37 heavy (non-hydrogen) atoms. The first-order valence-corrected chi connectivity index (χ1v) is 16.1. The van der Waals surface area contributed by atoms with Gasteiger partial charge in [-0.2, -0.15) is 0 Å². The zero-order valence-corrected chi connectivity index (χ0v) is 25.6. The molecule has 1 unspecified atom stereocenters. The average molecular weight is 529 g/mol. The van der Waals surface area contributed by atoms with Crippen molar-refractivity contribution in [3.63, 3.8) is 0 Å². The zero-order valence-electron chi connectivity index (χ0n) is 24.6. The molecule has 0 radical (unpaired) electrons. The summed E-state index contributed by atoms with van der Waals surface area (Å²) in [5.74, 6) is 1.33. The van der Waals surface area contributed by atoms with E-state index in [1.54, 1.807) is 13.3 Å². The van der Waals surface area contributed by atoms with E-state index in [9.17, 15) is 0 Å². The molecule has 7 nitrogen and oxygen atoms in total. The third kappa shape index (κ3) is 6.74. The molecule has 1 aliphatic rings. The van der Waals surface area contributed by atoms with Gasteiger partial charge in [0.25, 0.3) is 0 Å². The van der Waals surface area contributed by atoms with Crippen molar-refractivity contribution in [3.05, 3.63) is 36.3 Å². The molecule has 204 valence electrons. The second-order valence-electron chi connectivity index (χ2n) is 12.3. The lowest BCUT2D eigenvalue weighted by molar-refractivity contribution is 0.00578. The molecule has 1 saturated heterocycles. The highest BCUT2D eigenvalue weighted by Gasteiger charge is 2.51. The van der Waals surface area contributed by atoms with Gasteiger partial charge in [0.05, 0.1) is 42.5 Å². The molecule has 2 heterocycles. The fourth-order valence-electron chi connectivity index (χ4n) is 3.91. The minimum Gasteiger partial charge on any atom is -0.493 e. The second-order valence-corrected chi connectivity index (χ2v) is 17.1. The highest BCUT2D eigenvalue weighted by Crippen LogP contribution is 2.41. The van der Waals surface area contributed by atoms with E-state index < -0.39 is 19.5 Å². The average Bonchev–Trinajstić information content (AvgIpc) is 3.01. The van der Waals surface area contributed by atoms with E-state index in [1.165, 1.54) is 0 Å². The molecule has 3 rings (SSSR count). The van der Waals surface area contributed by atoms with Crippen molar-refractivity contribution in [2.75, 3.05) is 20.3 Å². The molecule has 0 aliphatic carbocycles.